The molecule has 2 amide bonds. The van der Waals surface area contributed by atoms with Gasteiger partial charge in [0.2, 0.25) is 5.91 Å². The molecular weight excluding hydrogens is 374 g/mol. The average molecular weight is 393 g/mol. The van der Waals surface area contributed by atoms with Gasteiger partial charge in [0.25, 0.3) is 5.91 Å². The predicted octanol–water partition coefficient (Wildman–Crippen LogP) is 4.10. The Balaban J connectivity index is 1.39. The average Bonchev–Trinajstić information content (AvgIpc) is 3.38. The molecule has 0 spiro atoms. The van der Waals surface area contributed by atoms with Gasteiger partial charge >= 0.3 is 0 Å². The zero-order valence-corrected chi connectivity index (χ0v) is 15.9. The Morgan fingerprint density at radius 3 is 2.79 bits per heavy atom. The molecule has 1 N–H and O–H groups in total. The molecule has 4 rings (SSSR count). The molecule has 1 saturated heterocycles. The van der Waals surface area contributed by atoms with Gasteiger partial charge in [-0.2, -0.15) is 0 Å². The van der Waals surface area contributed by atoms with Crippen LogP contribution in [0.4, 0.5) is 11.4 Å². The van der Waals surface area contributed by atoms with Crippen molar-refractivity contribution in [1.82, 2.24) is 4.98 Å². The van der Waals surface area contributed by atoms with E-state index in [2.05, 4.69) is 10.3 Å². The third-order valence-electron chi connectivity index (χ3n) is 4.48. The van der Waals surface area contributed by atoms with Crippen LogP contribution in [0.5, 0.6) is 5.75 Å². The van der Waals surface area contributed by atoms with Crippen molar-refractivity contribution in [2.45, 2.75) is 19.4 Å². The van der Waals surface area contributed by atoms with E-state index in [-0.39, 0.29) is 11.8 Å². The third-order valence-corrected chi connectivity index (χ3v) is 5.11. The Kier molecular flexibility index (Phi) is 5.34. The van der Waals surface area contributed by atoms with Crippen LogP contribution < -0.4 is 15.0 Å². The largest absolute Gasteiger partial charge is 0.487 e. The molecule has 0 unspecified atom stereocenters. The van der Waals surface area contributed by atoms with E-state index >= 15 is 0 Å². The lowest BCUT2D eigenvalue weighted by molar-refractivity contribution is -0.117. The molecular formula is C21H19N3O3S. The summed E-state index contributed by atoms with van der Waals surface area (Å²) in [6.07, 6.45) is 1.44. The van der Waals surface area contributed by atoms with Crippen LogP contribution in [0.2, 0.25) is 0 Å². The number of benzene rings is 2. The standard InChI is InChI=1S/C21H19N3O3S/c25-20-5-2-10-24(20)18-4-1-3-16(11-18)23-21(26)15-6-8-19(9-7-15)27-12-17-13-28-14-22-17/h1,3-4,6-9,11,13-14H,2,5,10,12H2,(H,23,26). The molecule has 0 bridgehead atoms. The van der Waals surface area contributed by atoms with E-state index in [0.717, 1.165) is 24.3 Å². The van der Waals surface area contributed by atoms with Crippen LogP contribution in [0.1, 0.15) is 28.9 Å². The lowest BCUT2D eigenvalue weighted by Crippen LogP contribution is -2.23. The van der Waals surface area contributed by atoms with Gasteiger partial charge in [-0.3, -0.25) is 9.59 Å². The fraction of sp³-hybridized carbons (Fsp3) is 0.190. The van der Waals surface area contributed by atoms with E-state index in [1.165, 1.54) is 11.3 Å². The fourth-order valence-corrected chi connectivity index (χ4v) is 3.59. The highest BCUT2D eigenvalue weighted by molar-refractivity contribution is 7.07. The number of nitrogens with one attached hydrogen (secondary N) is 1. The van der Waals surface area contributed by atoms with E-state index in [1.54, 1.807) is 34.7 Å². The van der Waals surface area contributed by atoms with Gasteiger partial charge in [0.1, 0.15) is 12.4 Å². The van der Waals surface area contributed by atoms with Gasteiger partial charge in [0.15, 0.2) is 0 Å². The van der Waals surface area contributed by atoms with Gasteiger partial charge in [-0.15, -0.1) is 11.3 Å². The van der Waals surface area contributed by atoms with Crippen LogP contribution in [0.3, 0.4) is 0 Å². The third kappa shape index (κ3) is 4.20. The number of hydrogen-bond acceptors (Lipinski definition) is 5. The molecule has 0 aliphatic carbocycles. The first-order chi connectivity index (χ1) is 13.7. The topological polar surface area (TPSA) is 71.5 Å². The monoisotopic (exact) mass is 393 g/mol. The maximum atomic E-state index is 12.5. The molecule has 0 radical (unpaired) electrons. The SMILES string of the molecule is O=C(Nc1cccc(N2CCCC2=O)c1)c1ccc(OCc2cscn2)cc1. The maximum Gasteiger partial charge on any atom is 0.255 e. The Labute approximate surface area is 166 Å². The summed E-state index contributed by atoms with van der Waals surface area (Å²) < 4.78 is 5.66. The number of ether oxygens (including phenoxy) is 1. The van der Waals surface area contributed by atoms with Crippen LogP contribution >= 0.6 is 11.3 Å². The number of rotatable bonds is 6. The zero-order chi connectivity index (χ0) is 19.3. The number of aromatic nitrogens is 1. The van der Waals surface area contributed by atoms with Crippen LogP contribution in [0.25, 0.3) is 0 Å². The normalized spacial score (nSPS) is 13.6. The van der Waals surface area contributed by atoms with Gasteiger partial charge in [0, 0.05) is 35.3 Å². The molecule has 0 atom stereocenters. The Morgan fingerprint density at radius 2 is 2.07 bits per heavy atom. The van der Waals surface area contributed by atoms with Crippen molar-refractivity contribution in [3.63, 3.8) is 0 Å². The van der Waals surface area contributed by atoms with Gasteiger partial charge in [-0.05, 0) is 48.9 Å². The molecule has 2 heterocycles. The van der Waals surface area contributed by atoms with E-state index < -0.39 is 0 Å². The molecule has 7 heteroatoms. The van der Waals surface area contributed by atoms with Crippen LogP contribution in [0, 0.1) is 0 Å². The summed E-state index contributed by atoms with van der Waals surface area (Å²) >= 11 is 1.53. The van der Waals surface area contributed by atoms with E-state index in [1.807, 2.05) is 29.6 Å². The van der Waals surface area contributed by atoms with Crippen molar-refractivity contribution in [3.8, 4) is 5.75 Å². The van der Waals surface area contributed by atoms with Crippen molar-refractivity contribution in [2.75, 3.05) is 16.8 Å². The van der Waals surface area contributed by atoms with Crippen molar-refractivity contribution in [3.05, 3.63) is 70.7 Å². The highest BCUT2D eigenvalue weighted by atomic mass is 32.1. The van der Waals surface area contributed by atoms with Crippen molar-refractivity contribution >= 4 is 34.5 Å². The summed E-state index contributed by atoms with van der Waals surface area (Å²) in [5.74, 6) is 0.590. The Bertz CT molecular complexity index is 971. The zero-order valence-electron chi connectivity index (χ0n) is 15.1. The van der Waals surface area contributed by atoms with E-state index in [4.69, 9.17) is 4.74 Å². The molecule has 1 aromatic heterocycles. The summed E-state index contributed by atoms with van der Waals surface area (Å²) in [4.78, 5) is 30.4. The van der Waals surface area contributed by atoms with Gasteiger partial charge in [0.05, 0.1) is 11.2 Å². The molecule has 6 nitrogen and oxygen atoms in total. The van der Waals surface area contributed by atoms with Crippen LogP contribution in [0.15, 0.2) is 59.4 Å². The van der Waals surface area contributed by atoms with E-state index in [0.29, 0.717) is 30.0 Å². The first-order valence-electron chi connectivity index (χ1n) is 9.01. The quantitative estimate of drug-likeness (QED) is 0.684. The summed E-state index contributed by atoms with van der Waals surface area (Å²) in [6, 6.07) is 14.3. The summed E-state index contributed by atoms with van der Waals surface area (Å²) in [7, 11) is 0. The lowest BCUT2D eigenvalue weighted by atomic mass is 10.2. The minimum absolute atomic E-state index is 0.122. The van der Waals surface area contributed by atoms with Gasteiger partial charge < -0.3 is 15.0 Å². The highest BCUT2D eigenvalue weighted by Gasteiger charge is 2.21. The molecule has 3 aromatic rings. The molecule has 2 aromatic carbocycles. The lowest BCUT2D eigenvalue weighted by Gasteiger charge is -2.16. The maximum absolute atomic E-state index is 12.5. The number of carbonyl (C=O) groups is 2. The minimum Gasteiger partial charge on any atom is -0.487 e. The fourth-order valence-electron chi connectivity index (χ4n) is 3.04. The number of thiazole rings is 1. The van der Waals surface area contributed by atoms with E-state index in [9.17, 15) is 9.59 Å². The Morgan fingerprint density at radius 1 is 1.21 bits per heavy atom. The molecule has 1 fully saturated rings. The number of nitrogens with zero attached hydrogens (tertiary/aromatic N) is 2. The molecule has 142 valence electrons. The summed E-state index contributed by atoms with van der Waals surface area (Å²) in [6.45, 7) is 1.12. The van der Waals surface area contributed by atoms with Gasteiger partial charge in [-0.25, -0.2) is 4.98 Å². The van der Waals surface area contributed by atoms with Gasteiger partial charge in [-0.1, -0.05) is 6.07 Å². The molecule has 0 saturated carbocycles. The van der Waals surface area contributed by atoms with Crippen LogP contribution in [-0.2, 0) is 11.4 Å². The smallest absolute Gasteiger partial charge is 0.255 e. The highest BCUT2D eigenvalue weighted by Crippen LogP contribution is 2.24. The predicted molar refractivity (Wildman–Crippen MR) is 109 cm³/mol. The summed E-state index contributed by atoms with van der Waals surface area (Å²) in [5, 5.41) is 4.82. The second kappa shape index (κ2) is 8.22. The Hall–Kier alpha value is -3.19. The first-order valence-corrected chi connectivity index (χ1v) is 9.95. The second-order valence-corrected chi connectivity index (χ2v) is 7.16. The van der Waals surface area contributed by atoms with Crippen molar-refractivity contribution in [1.29, 1.82) is 0 Å². The number of carbonyl (C=O) groups excluding carboxylic acids is 2. The number of hydrogen-bond donors (Lipinski definition) is 1. The second-order valence-electron chi connectivity index (χ2n) is 6.45. The summed E-state index contributed by atoms with van der Waals surface area (Å²) in [5.41, 5.74) is 4.64. The van der Waals surface area contributed by atoms with Crippen LogP contribution in [-0.4, -0.2) is 23.3 Å². The minimum atomic E-state index is -0.212. The molecule has 28 heavy (non-hydrogen) atoms. The first kappa shape index (κ1) is 18.2. The number of anilines is 2. The number of amides is 2. The molecule has 1 aliphatic rings. The van der Waals surface area contributed by atoms with Crippen molar-refractivity contribution in [2.24, 2.45) is 0 Å². The van der Waals surface area contributed by atoms with Crippen molar-refractivity contribution < 1.29 is 14.3 Å². The molecule has 1 aliphatic heterocycles.